The summed E-state index contributed by atoms with van der Waals surface area (Å²) in [6, 6.07) is 10.1. The van der Waals surface area contributed by atoms with Gasteiger partial charge in [0.25, 0.3) is 0 Å². The second-order valence-electron chi connectivity index (χ2n) is 6.34. The molecule has 0 unspecified atom stereocenters. The van der Waals surface area contributed by atoms with Gasteiger partial charge in [-0.2, -0.15) is 4.98 Å². The van der Waals surface area contributed by atoms with Crippen LogP contribution in [0.15, 0.2) is 45.3 Å². The molecular formula is C18H21BrN6OS2. The molecule has 0 fully saturated rings. The van der Waals surface area contributed by atoms with Gasteiger partial charge in [-0.05, 0) is 27.4 Å². The number of aliphatic hydroxyl groups is 1. The molecule has 2 aromatic heterocycles. The first-order valence-electron chi connectivity index (χ1n) is 8.72. The molecule has 0 amide bonds. The fourth-order valence-corrected chi connectivity index (χ4v) is 4.27. The van der Waals surface area contributed by atoms with E-state index in [1.54, 1.807) is 18.0 Å². The van der Waals surface area contributed by atoms with Crippen molar-refractivity contribution < 1.29 is 5.11 Å². The summed E-state index contributed by atoms with van der Waals surface area (Å²) in [5.41, 5.74) is 1.24. The number of nitrogens with zero attached hydrogens (tertiary/aromatic N) is 4. The Balaban J connectivity index is 1.64. The van der Waals surface area contributed by atoms with Gasteiger partial charge < -0.3 is 10.4 Å². The summed E-state index contributed by atoms with van der Waals surface area (Å²) in [5.74, 6) is 2.14. The Hall–Kier alpha value is -1.75. The van der Waals surface area contributed by atoms with E-state index in [4.69, 9.17) is 0 Å². The Labute approximate surface area is 180 Å². The van der Waals surface area contributed by atoms with Crippen molar-refractivity contribution in [1.29, 1.82) is 0 Å². The Kier molecular flexibility index (Phi) is 7.60. The second-order valence-corrected chi connectivity index (χ2v) is 9.39. The van der Waals surface area contributed by atoms with Crippen molar-refractivity contribution in [3.05, 3.63) is 46.6 Å². The minimum Gasteiger partial charge on any atom is -0.394 e. The van der Waals surface area contributed by atoms with Crippen LogP contribution >= 0.6 is 39.0 Å². The van der Waals surface area contributed by atoms with E-state index in [-0.39, 0.29) is 18.6 Å². The van der Waals surface area contributed by atoms with E-state index in [2.05, 4.69) is 58.9 Å². The van der Waals surface area contributed by atoms with Gasteiger partial charge in [-0.3, -0.25) is 5.32 Å². The van der Waals surface area contributed by atoms with Crippen LogP contribution in [-0.4, -0.2) is 37.9 Å². The number of nitrogens with one attached hydrogen (secondary N) is 2. The minimum absolute atomic E-state index is 0.0231. The molecule has 7 nitrogen and oxygen atoms in total. The number of thioether (sulfide) groups is 1. The number of anilines is 3. The van der Waals surface area contributed by atoms with Crippen molar-refractivity contribution in [2.75, 3.05) is 17.2 Å². The summed E-state index contributed by atoms with van der Waals surface area (Å²) in [5, 5.41) is 24.9. The van der Waals surface area contributed by atoms with Crippen LogP contribution in [-0.2, 0) is 5.75 Å². The lowest BCUT2D eigenvalue weighted by Crippen LogP contribution is -2.30. The number of rotatable bonds is 9. The van der Waals surface area contributed by atoms with Gasteiger partial charge in [-0.25, -0.2) is 4.98 Å². The summed E-state index contributed by atoms with van der Waals surface area (Å²) in [4.78, 5) is 8.76. The van der Waals surface area contributed by atoms with E-state index in [9.17, 15) is 5.11 Å². The minimum atomic E-state index is -0.0958. The Bertz CT molecular complexity index is 893. The number of hydrogen-bond acceptors (Lipinski definition) is 9. The number of hydrogen-bond donors (Lipinski definition) is 3. The lowest BCUT2D eigenvalue weighted by molar-refractivity contribution is 0.249. The molecule has 0 saturated carbocycles. The zero-order valence-corrected chi connectivity index (χ0v) is 18.7. The average molecular weight is 481 g/mol. The highest BCUT2D eigenvalue weighted by Crippen LogP contribution is 2.30. The molecule has 3 aromatic rings. The van der Waals surface area contributed by atoms with Crippen LogP contribution in [0.3, 0.4) is 0 Å². The fraction of sp³-hybridized carbons (Fsp3) is 0.333. The summed E-state index contributed by atoms with van der Waals surface area (Å²) in [7, 11) is 0. The Morgan fingerprint density at radius 1 is 1.21 bits per heavy atom. The molecule has 3 N–H and O–H groups in total. The first kappa shape index (κ1) is 21.0. The lowest BCUT2D eigenvalue weighted by Gasteiger charge is -2.21. The maximum absolute atomic E-state index is 9.53. The third kappa shape index (κ3) is 5.87. The molecule has 0 aliphatic carbocycles. The summed E-state index contributed by atoms with van der Waals surface area (Å²) in [6.07, 6.45) is 1.67. The van der Waals surface area contributed by atoms with E-state index in [1.807, 2.05) is 32.0 Å². The first-order chi connectivity index (χ1) is 13.5. The summed E-state index contributed by atoms with van der Waals surface area (Å²) >= 11 is 6.54. The zero-order valence-electron chi connectivity index (χ0n) is 15.5. The number of benzene rings is 1. The topological polar surface area (TPSA) is 95.8 Å². The monoisotopic (exact) mass is 480 g/mol. The molecule has 10 heteroatoms. The summed E-state index contributed by atoms with van der Waals surface area (Å²) in [6.45, 7) is 4.10. The van der Waals surface area contributed by atoms with Gasteiger partial charge in [-0.15, -0.1) is 10.2 Å². The summed E-state index contributed by atoms with van der Waals surface area (Å²) < 4.78 is 1.61. The van der Waals surface area contributed by atoms with Gasteiger partial charge >= 0.3 is 0 Å². The van der Waals surface area contributed by atoms with Gasteiger partial charge in [0.05, 0.1) is 17.1 Å². The maximum Gasteiger partial charge on any atom is 0.231 e. The number of aliphatic hydroxyl groups excluding tert-OH is 1. The predicted molar refractivity (Wildman–Crippen MR) is 118 cm³/mol. The maximum atomic E-state index is 9.53. The Morgan fingerprint density at radius 3 is 2.71 bits per heavy atom. The van der Waals surface area contributed by atoms with Crippen molar-refractivity contribution >= 4 is 55.9 Å². The van der Waals surface area contributed by atoms with Crippen LogP contribution in [0, 0.1) is 5.92 Å². The largest absolute Gasteiger partial charge is 0.394 e. The molecule has 3 rings (SSSR count). The third-order valence-electron chi connectivity index (χ3n) is 3.90. The van der Waals surface area contributed by atoms with E-state index in [0.717, 1.165) is 14.6 Å². The van der Waals surface area contributed by atoms with Crippen molar-refractivity contribution in [1.82, 2.24) is 20.2 Å². The van der Waals surface area contributed by atoms with Gasteiger partial charge in [0, 0.05) is 11.9 Å². The second kappa shape index (κ2) is 10.1. The van der Waals surface area contributed by atoms with Crippen molar-refractivity contribution in [2.24, 2.45) is 5.92 Å². The molecule has 2 heterocycles. The third-order valence-corrected chi connectivity index (χ3v) is 6.52. The first-order valence-corrected chi connectivity index (χ1v) is 11.3. The molecular weight excluding hydrogens is 460 g/mol. The normalized spacial score (nSPS) is 12.2. The van der Waals surface area contributed by atoms with Crippen molar-refractivity contribution in [2.45, 2.75) is 30.0 Å². The fourth-order valence-electron chi connectivity index (χ4n) is 2.26. The van der Waals surface area contributed by atoms with E-state index >= 15 is 0 Å². The molecule has 0 radical (unpaired) electrons. The smallest absolute Gasteiger partial charge is 0.231 e. The Morgan fingerprint density at radius 2 is 2.00 bits per heavy atom. The molecule has 0 bridgehead atoms. The quantitative estimate of drug-likeness (QED) is 0.383. The van der Waals surface area contributed by atoms with Crippen LogP contribution in [0.1, 0.15) is 19.4 Å². The SMILES string of the molecule is CC(C)[C@@H](CO)Nc1nc(Nc2nnc(SCc3ccccc3)s2)ncc1Br. The van der Waals surface area contributed by atoms with Gasteiger partial charge in [0.2, 0.25) is 11.1 Å². The molecule has 0 saturated heterocycles. The highest BCUT2D eigenvalue weighted by atomic mass is 79.9. The highest BCUT2D eigenvalue weighted by Gasteiger charge is 2.15. The molecule has 0 spiro atoms. The van der Waals surface area contributed by atoms with E-state index in [0.29, 0.717) is 16.9 Å². The van der Waals surface area contributed by atoms with Crippen LogP contribution in [0.25, 0.3) is 0 Å². The van der Waals surface area contributed by atoms with E-state index < -0.39 is 0 Å². The van der Waals surface area contributed by atoms with Crippen molar-refractivity contribution in [3.63, 3.8) is 0 Å². The van der Waals surface area contributed by atoms with Gasteiger partial charge in [-0.1, -0.05) is 67.3 Å². The molecule has 1 aromatic carbocycles. The molecule has 28 heavy (non-hydrogen) atoms. The number of halogens is 1. The standard InChI is InChI=1S/C18H21BrN6OS2/c1-11(2)14(9-26)21-15-13(19)8-20-16(22-15)23-17-24-25-18(28-17)27-10-12-6-4-3-5-7-12/h3-8,11,14,26H,9-10H2,1-2H3,(H2,20,21,22,23,24)/t14-/m1/s1. The molecule has 0 aliphatic rings. The van der Waals surface area contributed by atoms with Crippen LogP contribution in [0.2, 0.25) is 0 Å². The molecule has 0 aliphatic heterocycles. The molecule has 148 valence electrons. The van der Waals surface area contributed by atoms with E-state index in [1.165, 1.54) is 16.9 Å². The predicted octanol–water partition coefficient (Wildman–Crippen LogP) is 4.56. The van der Waals surface area contributed by atoms with Crippen molar-refractivity contribution in [3.8, 4) is 0 Å². The zero-order chi connectivity index (χ0) is 19.9. The van der Waals surface area contributed by atoms with Crippen LogP contribution in [0.4, 0.5) is 16.9 Å². The lowest BCUT2D eigenvalue weighted by atomic mass is 10.1. The van der Waals surface area contributed by atoms with Gasteiger partial charge in [0.15, 0.2) is 4.34 Å². The van der Waals surface area contributed by atoms with Crippen LogP contribution < -0.4 is 10.6 Å². The van der Waals surface area contributed by atoms with Crippen LogP contribution in [0.5, 0.6) is 0 Å². The van der Waals surface area contributed by atoms with Gasteiger partial charge in [0.1, 0.15) is 5.82 Å². The number of aromatic nitrogens is 4. The highest BCUT2D eigenvalue weighted by molar-refractivity contribution is 9.10. The average Bonchev–Trinajstić information content (AvgIpc) is 3.14. The molecule has 1 atom stereocenters.